The quantitative estimate of drug-likeness (QED) is 0.717. The molecule has 0 aliphatic heterocycles. The lowest BCUT2D eigenvalue weighted by Crippen LogP contribution is -1.75. The number of para-hydroxylation sites is 2. The Kier molecular flexibility index (Phi) is 3.19. The number of allylic oxidation sites excluding steroid dienone is 2. The van der Waals surface area contributed by atoms with E-state index in [1.807, 2.05) is 66.8 Å². The van der Waals surface area contributed by atoms with E-state index in [-0.39, 0.29) is 0 Å². The van der Waals surface area contributed by atoms with Crippen LogP contribution in [0.25, 0.3) is 23.2 Å². The van der Waals surface area contributed by atoms with Crippen LogP contribution in [0.15, 0.2) is 60.8 Å². The number of nitrogens with zero attached hydrogens (tertiary/aromatic N) is 2. The van der Waals surface area contributed by atoms with Crippen LogP contribution in [0.1, 0.15) is 11.5 Å². The zero-order chi connectivity index (χ0) is 12.9. The van der Waals surface area contributed by atoms with Gasteiger partial charge in [-0.2, -0.15) is 0 Å². The highest BCUT2D eigenvalue weighted by Crippen LogP contribution is 2.11. The van der Waals surface area contributed by atoms with Crippen molar-refractivity contribution in [3.63, 3.8) is 0 Å². The van der Waals surface area contributed by atoms with E-state index < -0.39 is 0 Å². The lowest BCUT2D eigenvalue weighted by Gasteiger charge is -1.87. The molecule has 3 nitrogen and oxygen atoms in total. The van der Waals surface area contributed by atoms with Crippen molar-refractivity contribution >= 4 is 23.2 Å². The summed E-state index contributed by atoms with van der Waals surface area (Å²) in [5.41, 5.74) is 2.98. The van der Waals surface area contributed by atoms with Gasteiger partial charge in [-0.25, -0.2) is 4.98 Å². The van der Waals surface area contributed by atoms with Gasteiger partial charge >= 0.3 is 0 Å². The van der Waals surface area contributed by atoms with Gasteiger partial charge in [0.2, 0.25) is 0 Å². The molecule has 0 spiro atoms. The van der Waals surface area contributed by atoms with Crippen LogP contribution in [0.4, 0.5) is 0 Å². The van der Waals surface area contributed by atoms with E-state index in [0.29, 0.717) is 0 Å². The zero-order valence-corrected chi connectivity index (χ0v) is 10.3. The van der Waals surface area contributed by atoms with E-state index >= 15 is 0 Å². The SMILES string of the molecule is C(/C=C/c1nc2ccccc2[nH]1)=C\c1ccccn1. The number of hydrogen-bond acceptors (Lipinski definition) is 2. The third-order valence-corrected chi connectivity index (χ3v) is 2.73. The van der Waals surface area contributed by atoms with Crippen LogP contribution in [0.5, 0.6) is 0 Å². The molecule has 2 aromatic heterocycles. The molecule has 0 fully saturated rings. The van der Waals surface area contributed by atoms with Gasteiger partial charge in [0.25, 0.3) is 0 Å². The van der Waals surface area contributed by atoms with Crippen molar-refractivity contribution < 1.29 is 0 Å². The molecule has 0 saturated heterocycles. The minimum absolute atomic E-state index is 0.854. The van der Waals surface area contributed by atoms with E-state index in [9.17, 15) is 0 Å². The highest BCUT2D eigenvalue weighted by molar-refractivity contribution is 5.76. The van der Waals surface area contributed by atoms with E-state index in [2.05, 4.69) is 15.0 Å². The van der Waals surface area contributed by atoms with E-state index in [0.717, 1.165) is 22.6 Å². The van der Waals surface area contributed by atoms with Crippen molar-refractivity contribution in [2.24, 2.45) is 0 Å². The largest absolute Gasteiger partial charge is 0.338 e. The summed E-state index contributed by atoms with van der Waals surface area (Å²) in [5, 5.41) is 0. The molecular formula is C16H13N3. The summed E-state index contributed by atoms with van der Waals surface area (Å²) in [7, 11) is 0. The number of H-pyrrole nitrogens is 1. The summed E-state index contributed by atoms with van der Waals surface area (Å²) in [6.07, 6.45) is 9.59. The first-order valence-electron chi connectivity index (χ1n) is 6.12. The Balaban J connectivity index is 1.74. The molecule has 19 heavy (non-hydrogen) atoms. The lowest BCUT2D eigenvalue weighted by molar-refractivity contribution is 1.29. The maximum atomic E-state index is 4.47. The van der Waals surface area contributed by atoms with Crippen molar-refractivity contribution in [3.8, 4) is 0 Å². The average molecular weight is 247 g/mol. The van der Waals surface area contributed by atoms with Crippen LogP contribution in [0, 0.1) is 0 Å². The fraction of sp³-hybridized carbons (Fsp3) is 0. The standard InChI is InChI=1S/C16H13N3/c1(7-13-8-5-6-12-17-13)4-11-16-18-14-9-2-3-10-15(14)19-16/h1-12H,(H,18,19)/b7-1+,11-4+. The number of benzene rings is 1. The summed E-state index contributed by atoms with van der Waals surface area (Å²) in [6, 6.07) is 13.8. The number of hydrogen-bond donors (Lipinski definition) is 1. The molecule has 0 aliphatic rings. The molecule has 0 atom stereocenters. The minimum Gasteiger partial charge on any atom is -0.338 e. The number of pyridine rings is 1. The van der Waals surface area contributed by atoms with Crippen LogP contribution >= 0.6 is 0 Å². The van der Waals surface area contributed by atoms with Crippen LogP contribution in [-0.2, 0) is 0 Å². The topological polar surface area (TPSA) is 41.6 Å². The first-order chi connectivity index (χ1) is 9.42. The Morgan fingerprint density at radius 2 is 1.74 bits per heavy atom. The summed E-state index contributed by atoms with van der Waals surface area (Å²) in [6.45, 7) is 0. The smallest absolute Gasteiger partial charge is 0.131 e. The van der Waals surface area contributed by atoms with Crippen LogP contribution in [0.3, 0.4) is 0 Å². The Bertz CT molecular complexity index is 691. The third kappa shape index (κ3) is 2.77. The second kappa shape index (κ2) is 5.31. The molecule has 0 amide bonds. The molecule has 3 rings (SSSR count). The first-order valence-corrected chi connectivity index (χ1v) is 6.12. The van der Waals surface area contributed by atoms with Gasteiger partial charge in [0.05, 0.1) is 16.7 Å². The Hall–Kier alpha value is -2.68. The summed E-state index contributed by atoms with van der Waals surface area (Å²) in [5.74, 6) is 0.854. The molecule has 1 aromatic carbocycles. The molecule has 0 unspecified atom stereocenters. The zero-order valence-electron chi connectivity index (χ0n) is 10.3. The lowest BCUT2D eigenvalue weighted by atomic mass is 10.3. The fourth-order valence-electron chi connectivity index (χ4n) is 1.83. The van der Waals surface area contributed by atoms with Gasteiger partial charge in [0.1, 0.15) is 5.82 Å². The van der Waals surface area contributed by atoms with Crippen LogP contribution in [-0.4, -0.2) is 15.0 Å². The monoisotopic (exact) mass is 247 g/mol. The summed E-state index contributed by atoms with van der Waals surface area (Å²) < 4.78 is 0. The van der Waals surface area contributed by atoms with Crippen molar-refractivity contribution in [1.29, 1.82) is 0 Å². The predicted octanol–water partition coefficient (Wildman–Crippen LogP) is 3.68. The molecule has 0 aliphatic carbocycles. The van der Waals surface area contributed by atoms with Gasteiger partial charge < -0.3 is 4.98 Å². The van der Waals surface area contributed by atoms with Crippen molar-refractivity contribution in [3.05, 3.63) is 72.3 Å². The molecule has 0 radical (unpaired) electrons. The predicted molar refractivity (Wildman–Crippen MR) is 78.4 cm³/mol. The second-order valence-electron chi connectivity index (χ2n) is 4.11. The normalized spacial score (nSPS) is 11.8. The van der Waals surface area contributed by atoms with Gasteiger partial charge in [0, 0.05) is 6.20 Å². The van der Waals surface area contributed by atoms with Gasteiger partial charge in [0.15, 0.2) is 0 Å². The molecule has 92 valence electrons. The number of imidazole rings is 1. The third-order valence-electron chi connectivity index (χ3n) is 2.73. The van der Waals surface area contributed by atoms with Crippen LogP contribution < -0.4 is 0 Å². The molecule has 0 saturated carbocycles. The van der Waals surface area contributed by atoms with Gasteiger partial charge in [-0.1, -0.05) is 30.4 Å². The second-order valence-corrected chi connectivity index (χ2v) is 4.11. The summed E-state index contributed by atoms with van der Waals surface area (Å²) >= 11 is 0. The first kappa shape index (κ1) is 11.4. The molecular weight excluding hydrogens is 234 g/mol. The highest BCUT2D eigenvalue weighted by atomic mass is 14.9. The minimum atomic E-state index is 0.854. The van der Waals surface area contributed by atoms with E-state index in [4.69, 9.17) is 0 Å². The molecule has 3 heteroatoms. The van der Waals surface area contributed by atoms with Gasteiger partial charge in [-0.15, -0.1) is 0 Å². The van der Waals surface area contributed by atoms with E-state index in [1.54, 1.807) is 6.20 Å². The number of aromatic amines is 1. The Morgan fingerprint density at radius 1 is 0.895 bits per heavy atom. The fourth-order valence-corrected chi connectivity index (χ4v) is 1.83. The number of rotatable bonds is 3. The van der Waals surface area contributed by atoms with Crippen molar-refractivity contribution in [2.45, 2.75) is 0 Å². The Morgan fingerprint density at radius 3 is 2.58 bits per heavy atom. The molecule has 1 N–H and O–H groups in total. The maximum absolute atomic E-state index is 4.47. The number of fused-ring (bicyclic) bond motifs is 1. The number of nitrogens with one attached hydrogen (secondary N) is 1. The highest BCUT2D eigenvalue weighted by Gasteiger charge is 1.96. The molecule has 2 heterocycles. The van der Waals surface area contributed by atoms with Gasteiger partial charge in [-0.3, -0.25) is 4.98 Å². The average Bonchev–Trinajstić information content (AvgIpc) is 2.87. The van der Waals surface area contributed by atoms with Crippen molar-refractivity contribution in [2.75, 3.05) is 0 Å². The molecule has 0 bridgehead atoms. The summed E-state index contributed by atoms with van der Waals surface area (Å²) in [4.78, 5) is 11.9. The Labute approximate surface area is 111 Å². The number of aromatic nitrogens is 3. The molecule has 3 aromatic rings. The van der Waals surface area contributed by atoms with E-state index in [1.165, 1.54) is 0 Å². The van der Waals surface area contributed by atoms with Gasteiger partial charge in [-0.05, 0) is 36.4 Å². The maximum Gasteiger partial charge on any atom is 0.131 e. The van der Waals surface area contributed by atoms with Crippen molar-refractivity contribution in [1.82, 2.24) is 15.0 Å². The van der Waals surface area contributed by atoms with Crippen LogP contribution in [0.2, 0.25) is 0 Å².